The van der Waals surface area contributed by atoms with E-state index in [4.69, 9.17) is 0 Å². The van der Waals surface area contributed by atoms with E-state index >= 15 is 0 Å². The van der Waals surface area contributed by atoms with Crippen molar-refractivity contribution in [3.05, 3.63) is 65.7 Å². The van der Waals surface area contributed by atoms with Gasteiger partial charge in [-0.3, -0.25) is 0 Å². The van der Waals surface area contributed by atoms with Gasteiger partial charge in [0.05, 0.1) is 0 Å². The molecule has 0 aliphatic heterocycles. The maximum atomic E-state index is 3.24. The van der Waals surface area contributed by atoms with Crippen LogP contribution < -0.4 is 10.9 Å². The maximum Gasteiger partial charge on any atom is 0.0487 e. The molecule has 0 unspecified atom stereocenters. The maximum absolute atomic E-state index is 3.24. The van der Waals surface area contributed by atoms with E-state index in [9.17, 15) is 0 Å². The summed E-state index contributed by atoms with van der Waals surface area (Å²) < 4.78 is 0. The Kier molecular flexibility index (Phi) is 4.17. The minimum absolute atomic E-state index is 0.832. The molecule has 0 spiro atoms. The van der Waals surface area contributed by atoms with Gasteiger partial charge in [-0.25, -0.2) is 5.43 Å². The Balaban J connectivity index is 1.90. The first kappa shape index (κ1) is 11.7. The number of benzene rings is 2. The summed E-state index contributed by atoms with van der Waals surface area (Å²) in [6, 6.07) is 18.6. The molecule has 0 bridgehead atoms. The van der Waals surface area contributed by atoms with Crippen LogP contribution in [0.2, 0.25) is 0 Å². The van der Waals surface area contributed by atoms with E-state index in [1.807, 2.05) is 30.3 Å². The SMILES string of the molecule is CCc1ccccc1CNNc1ccccc1. The molecule has 2 aromatic carbocycles. The number of hydrogen-bond donors (Lipinski definition) is 2. The van der Waals surface area contributed by atoms with Crippen LogP contribution in [0.15, 0.2) is 54.6 Å². The van der Waals surface area contributed by atoms with Crippen molar-refractivity contribution in [1.82, 2.24) is 5.43 Å². The predicted molar refractivity (Wildman–Crippen MR) is 72.7 cm³/mol. The Bertz CT molecular complexity index is 451. The van der Waals surface area contributed by atoms with Gasteiger partial charge < -0.3 is 5.43 Å². The molecule has 0 fully saturated rings. The van der Waals surface area contributed by atoms with Gasteiger partial charge in [-0.15, -0.1) is 0 Å². The molecule has 2 rings (SSSR count). The Morgan fingerprint density at radius 3 is 2.18 bits per heavy atom. The highest BCUT2D eigenvalue weighted by Crippen LogP contribution is 2.09. The summed E-state index contributed by atoms with van der Waals surface area (Å²) in [4.78, 5) is 0. The third-order valence-corrected chi connectivity index (χ3v) is 2.78. The van der Waals surface area contributed by atoms with Crippen molar-refractivity contribution >= 4 is 5.69 Å². The molecule has 0 aliphatic rings. The molecule has 0 saturated heterocycles. The van der Waals surface area contributed by atoms with Gasteiger partial charge in [0.1, 0.15) is 0 Å². The smallest absolute Gasteiger partial charge is 0.0487 e. The van der Waals surface area contributed by atoms with Gasteiger partial charge in [0.15, 0.2) is 0 Å². The van der Waals surface area contributed by atoms with Crippen molar-refractivity contribution in [3.8, 4) is 0 Å². The van der Waals surface area contributed by atoms with Crippen LogP contribution in [-0.2, 0) is 13.0 Å². The molecule has 2 nitrogen and oxygen atoms in total. The highest BCUT2D eigenvalue weighted by Gasteiger charge is 1.98. The molecule has 2 N–H and O–H groups in total. The molecule has 0 radical (unpaired) electrons. The summed E-state index contributed by atoms with van der Waals surface area (Å²) in [6.45, 7) is 3.02. The van der Waals surface area contributed by atoms with Gasteiger partial charge in [0.2, 0.25) is 0 Å². The van der Waals surface area contributed by atoms with E-state index in [1.165, 1.54) is 11.1 Å². The number of anilines is 1. The average Bonchev–Trinajstić information content (AvgIpc) is 2.40. The van der Waals surface area contributed by atoms with Gasteiger partial charge in [-0.05, 0) is 29.7 Å². The normalized spacial score (nSPS) is 10.2. The average molecular weight is 226 g/mol. The fraction of sp³-hybridized carbons (Fsp3) is 0.200. The molecule has 0 aliphatic carbocycles. The highest BCUT2D eigenvalue weighted by atomic mass is 15.3. The van der Waals surface area contributed by atoms with Crippen LogP contribution in [0.25, 0.3) is 0 Å². The predicted octanol–water partition coefficient (Wildman–Crippen LogP) is 3.37. The van der Waals surface area contributed by atoms with E-state index in [1.54, 1.807) is 0 Å². The van der Waals surface area contributed by atoms with Gasteiger partial charge in [-0.2, -0.15) is 0 Å². The van der Waals surface area contributed by atoms with E-state index in [0.717, 1.165) is 18.7 Å². The summed E-state index contributed by atoms with van der Waals surface area (Å²) >= 11 is 0. The number of para-hydroxylation sites is 1. The van der Waals surface area contributed by atoms with Crippen molar-refractivity contribution < 1.29 is 0 Å². The lowest BCUT2D eigenvalue weighted by molar-refractivity contribution is 0.791. The Morgan fingerprint density at radius 2 is 1.47 bits per heavy atom. The lowest BCUT2D eigenvalue weighted by atomic mass is 10.1. The van der Waals surface area contributed by atoms with Crippen molar-refractivity contribution in [2.24, 2.45) is 0 Å². The van der Waals surface area contributed by atoms with Crippen molar-refractivity contribution in [2.45, 2.75) is 19.9 Å². The summed E-state index contributed by atoms with van der Waals surface area (Å²) in [5.41, 5.74) is 10.3. The molecule has 17 heavy (non-hydrogen) atoms. The summed E-state index contributed by atoms with van der Waals surface area (Å²) in [5.74, 6) is 0. The van der Waals surface area contributed by atoms with Crippen molar-refractivity contribution in [3.63, 3.8) is 0 Å². The van der Waals surface area contributed by atoms with E-state index in [2.05, 4.69) is 42.0 Å². The molecule has 0 saturated carbocycles. The molecule has 88 valence electrons. The van der Waals surface area contributed by atoms with Gasteiger partial charge in [-0.1, -0.05) is 49.4 Å². The van der Waals surface area contributed by atoms with Crippen LogP contribution in [0, 0.1) is 0 Å². The third kappa shape index (κ3) is 3.33. The molecule has 2 aromatic rings. The topological polar surface area (TPSA) is 24.1 Å². The Hall–Kier alpha value is -1.80. The Labute approximate surface area is 103 Å². The zero-order chi connectivity index (χ0) is 11.9. The zero-order valence-corrected chi connectivity index (χ0v) is 10.1. The molecule has 0 atom stereocenters. The van der Waals surface area contributed by atoms with Gasteiger partial charge in [0, 0.05) is 12.2 Å². The van der Waals surface area contributed by atoms with Crippen LogP contribution in [0.5, 0.6) is 0 Å². The fourth-order valence-electron chi connectivity index (χ4n) is 1.84. The molecule has 0 aromatic heterocycles. The Morgan fingerprint density at radius 1 is 0.824 bits per heavy atom. The lowest BCUT2D eigenvalue weighted by Crippen LogP contribution is -2.21. The molecular formula is C15H18N2. The quantitative estimate of drug-likeness (QED) is 0.764. The van der Waals surface area contributed by atoms with Gasteiger partial charge in [0.25, 0.3) is 0 Å². The molecule has 0 amide bonds. The number of aryl methyl sites for hydroxylation is 1. The van der Waals surface area contributed by atoms with Crippen LogP contribution in [0.1, 0.15) is 18.1 Å². The first-order valence-electron chi connectivity index (χ1n) is 6.01. The van der Waals surface area contributed by atoms with E-state index < -0.39 is 0 Å². The number of hydrogen-bond acceptors (Lipinski definition) is 2. The monoisotopic (exact) mass is 226 g/mol. The van der Waals surface area contributed by atoms with Crippen LogP contribution in [0.3, 0.4) is 0 Å². The summed E-state index contributed by atoms with van der Waals surface area (Å²) in [6.07, 6.45) is 1.07. The highest BCUT2D eigenvalue weighted by molar-refractivity contribution is 5.41. The number of nitrogens with one attached hydrogen (secondary N) is 2. The van der Waals surface area contributed by atoms with Crippen LogP contribution >= 0.6 is 0 Å². The third-order valence-electron chi connectivity index (χ3n) is 2.78. The van der Waals surface area contributed by atoms with Crippen LogP contribution in [0.4, 0.5) is 5.69 Å². The van der Waals surface area contributed by atoms with E-state index in [0.29, 0.717) is 0 Å². The second-order valence-electron chi connectivity index (χ2n) is 3.97. The molecule has 0 heterocycles. The second kappa shape index (κ2) is 6.06. The summed E-state index contributed by atoms with van der Waals surface area (Å²) in [5, 5.41) is 0. The second-order valence-corrected chi connectivity index (χ2v) is 3.97. The number of hydrazine groups is 1. The zero-order valence-electron chi connectivity index (χ0n) is 10.1. The minimum atomic E-state index is 0.832. The fourth-order valence-corrected chi connectivity index (χ4v) is 1.84. The van der Waals surface area contributed by atoms with Crippen LogP contribution in [-0.4, -0.2) is 0 Å². The largest absolute Gasteiger partial charge is 0.321 e. The minimum Gasteiger partial charge on any atom is -0.321 e. The lowest BCUT2D eigenvalue weighted by Gasteiger charge is -2.11. The summed E-state index contributed by atoms with van der Waals surface area (Å²) in [7, 11) is 0. The van der Waals surface area contributed by atoms with E-state index in [-0.39, 0.29) is 0 Å². The molecule has 2 heteroatoms. The molecular weight excluding hydrogens is 208 g/mol. The van der Waals surface area contributed by atoms with Crippen molar-refractivity contribution in [1.29, 1.82) is 0 Å². The first-order valence-corrected chi connectivity index (χ1v) is 6.01. The number of rotatable bonds is 5. The van der Waals surface area contributed by atoms with Crippen molar-refractivity contribution in [2.75, 3.05) is 5.43 Å². The van der Waals surface area contributed by atoms with Gasteiger partial charge >= 0.3 is 0 Å². The standard InChI is InChI=1S/C15H18N2/c1-2-13-8-6-7-9-14(13)12-16-17-15-10-4-3-5-11-15/h3-11,16-17H,2,12H2,1H3. The first-order chi connectivity index (χ1) is 8.40.